The van der Waals surface area contributed by atoms with E-state index in [4.69, 9.17) is 4.74 Å². The van der Waals surface area contributed by atoms with Crippen molar-refractivity contribution < 1.29 is 9.84 Å². The molecule has 1 heterocycles. The number of hydrogen-bond acceptors (Lipinski definition) is 4. The minimum Gasteiger partial charge on any atom is -0.394 e. The molecule has 0 bridgehead atoms. The molecule has 0 aromatic heterocycles. The van der Waals surface area contributed by atoms with Crippen LogP contribution in [0.4, 0.5) is 0 Å². The predicted octanol–water partition coefficient (Wildman–Crippen LogP) is 1.23. The third-order valence-corrected chi connectivity index (χ3v) is 4.44. The highest BCUT2D eigenvalue weighted by Crippen LogP contribution is 2.40. The van der Waals surface area contributed by atoms with Gasteiger partial charge in [0.1, 0.15) is 0 Å². The second-order valence-corrected chi connectivity index (χ2v) is 6.81. The molecule has 3 unspecified atom stereocenters. The lowest BCUT2D eigenvalue weighted by molar-refractivity contribution is -0.0648. The van der Waals surface area contributed by atoms with Crippen molar-refractivity contribution in [2.75, 3.05) is 26.3 Å². The van der Waals surface area contributed by atoms with Crippen molar-refractivity contribution in [2.45, 2.75) is 64.3 Å². The quantitative estimate of drug-likeness (QED) is 0.762. The standard InChI is InChI=1S/C15H30N2O2/c1-11(2)16-15(10-18,14-5-6-14)9-17-7-13(4)19-8-12(17)3/h11-14,16,18H,5-10H2,1-4H3. The molecular weight excluding hydrogens is 240 g/mol. The number of ether oxygens (including phenoxy) is 1. The molecule has 4 heteroatoms. The first kappa shape index (κ1) is 15.2. The van der Waals surface area contributed by atoms with Crippen molar-refractivity contribution in [1.29, 1.82) is 0 Å². The average Bonchev–Trinajstić information content (AvgIpc) is 3.16. The molecule has 1 aliphatic heterocycles. The van der Waals surface area contributed by atoms with Crippen LogP contribution in [0.15, 0.2) is 0 Å². The van der Waals surface area contributed by atoms with E-state index < -0.39 is 0 Å². The Balaban J connectivity index is 2.05. The Bertz CT molecular complexity index is 294. The SMILES string of the molecule is CC(C)NC(CO)(CN1CC(C)OCC1C)C1CC1. The molecule has 0 radical (unpaired) electrons. The van der Waals surface area contributed by atoms with Gasteiger partial charge in [-0.15, -0.1) is 0 Å². The summed E-state index contributed by atoms with van der Waals surface area (Å²) in [5.74, 6) is 0.630. The molecule has 2 rings (SSSR count). The fraction of sp³-hybridized carbons (Fsp3) is 1.00. The first-order chi connectivity index (χ1) is 8.97. The lowest BCUT2D eigenvalue weighted by Crippen LogP contribution is -2.63. The zero-order valence-electron chi connectivity index (χ0n) is 12.9. The summed E-state index contributed by atoms with van der Waals surface area (Å²) < 4.78 is 5.70. The maximum absolute atomic E-state index is 10.00. The molecule has 3 atom stereocenters. The topological polar surface area (TPSA) is 44.7 Å². The van der Waals surface area contributed by atoms with Crippen LogP contribution in [0, 0.1) is 5.92 Å². The van der Waals surface area contributed by atoms with Crippen LogP contribution < -0.4 is 5.32 Å². The Morgan fingerprint density at radius 1 is 1.37 bits per heavy atom. The monoisotopic (exact) mass is 270 g/mol. The predicted molar refractivity (Wildman–Crippen MR) is 77.3 cm³/mol. The van der Waals surface area contributed by atoms with Gasteiger partial charge in [-0.3, -0.25) is 4.90 Å². The lowest BCUT2D eigenvalue weighted by Gasteiger charge is -2.44. The van der Waals surface area contributed by atoms with Crippen LogP contribution in [0.25, 0.3) is 0 Å². The summed E-state index contributed by atoms with van der Waals surface area (Å²) in [5, 5.41) is 13.7. The molecule has 1 saturated carbocycles. The summed E-state index contributed by atoms with van der Waals surface area (Å²) in [7, 11) is 0. The third-order valence-electron chi connectivity index (χ3n) is 4.44. The van der Waals surface area contributed by atoms with E-state index in [0.717, 1.165) is 19.7 Å². The summed E-state index contributed by atoms with van der Waals surface area (Å²) in [4.78, 5) is 2.48. The normalized spacial score (nSPS) is 32.5. The Labute approximate surface area is 117 Å². The van der Waals surface area contributed by atoms with Crippen molar-refractivity contribution in [3.8, 4) is 0 Å². The van der Waals surface area contributed by atoms with E-state index >= 15 is 0 Å². The van der Waals surface area contributed by atoms with Gasteiger partial charge in [-0.1, -0.05) is 13.8 Å². The second-order valence-electron chi connectivity index (χ2n) is 6.81. The first-order valence-corrected chi connectivity index (χ1v) is 7.71. The van der Waals surface area contributed by atoms with Crippen LogP contribution >= 0.6 is 0 Å². The maximum Gasteiger partial charge on any atom is 0.0674 e. The van der Waals surface area contributed by atoms with Crippen LogP contribution in [0.3, 0.4) is 0 Å². The molecule has 0 spiro atoms. The average molecular weight is 270 g/mol. The van der Waals surface area contributed by atoms with Gasteiger partial charge in [0, 0.05) is 25.2 Å². The summed E-state index contributed by atoms with van der Waals surface area (Å²) in [5.41, 5.74) is -0.126. The van der Waals surface area contributed by atoms with E-state index in [1.807, 2.05) is 0 Å². The van der Waals surface area contributed by atoms with Crippen LogP contribution in [0.1, 0.15) is 40.5 Å². The van der Waals surface area contributed by atoms with E-state index in [9.17, 15) is 5.11 Å². The Morgan fingerprint density at radius 3 is 2.58 bits per heavy atom. The fourth-order valence-electron chi connectivity index (χ4n) is 3.28. The minimum atomic E-state index is -0.126. The molecule has 1 aliphatic carbocycles. The number of hydrogen-bond donors (Lipinski definition) is 2. The highest BCUT2D eigenvalue weighted by Gasteiger charge is 2.47. The van der Waals surface area contributed by atoms with E-state index in [1.54, 1.807) is 0 Å². The van der Waals surface area contributed by atoms with Gasteiger partial charge in [0.25, 0.3) is 0 Å². The second kappa shape index (κ2) is 6.08. The fourth-order valence-corrected chi connectivity index (χ4v) is 3.28. The molecule has 112 valence electrons. The number of aliphatic hydroxyl groups is 1. The number of morpholine rings is 1. The van der Waals surface area contributed by atoms with Gasteiger partial charge in [0.05, 0.1) is 24.9 Å². The molecule has 1 saturated heterocycles. The zero-order chi connectivity index (χ0) is 14.0. The first-order valence-electron chi connectivity index (χ1n) is 7.71. The maximum atomic E-state index is 10.00. The van der Waals surface area contributed by atoms with Crippen molar-refractivity contribution >= 4 is 0 Å². The molecule has 0 amide bonds. The van der Waals surface area contributed by atoms with Crippen LogP contribution in [0.2, 0.25) is 0 Å². The van der Waals surface area contributed by atoms with Crippen LogP contribution in [-0.4, -0.2) is 60.0 Å². The van der Waals surface area contributed by atoms with Crippen LogP contribution in [0.5, 0.6) is 0 Å². The van der Waals surface area contributed by atoms with Gasteiger partial charge in [0.15, 0.2) is 0 Å². The Hall–Kier alpha value is -0.160. The zero-order valence-corrected chi connectivity index (χ0v) is 12.9. The number of nitrogens with zero attached hydrogens (tertiary/aromatic N) is 1. The van der Waals surface area contributed by atoms with Gasteiger partial charge in [-0.05, 0) is 32.6 Å². The Morgan fingerprint density at radius 2 is 2.05 bits per heavy atom. The highest BCUT2D eigenvalue weighted by atomic mass is 16.5. The van der Waals surface area contributed by atoms with Gasteiger partial charge >= 0.3 is 0 Å². The van der Waals surface area contributed by atoms with Crippen molar-refractivity contribution in [2.24, 2.45) is 5.92 Å². The summed E-state index contributed by atoms with van der Waals surface area (Å²) in [6.07, 6.45) is 2.79. The molecule has 4 nitrogen and oxygen atoms in total. The van der Waals surface area contributed by atoms with E-state index in [-0.39, 0.29) is 12.1 Å². The van der Waals surface area contributed by atoms with Crippen LogP contribution in [-0.2, 0) is 4.74 Å². The number of nitrogens with one attached hydrogen (secondary N) is 1. The van der Waals surface area contributed by atoms with E-state index in [1.165, 1.54) is 12.8 Å². The van der Waals surface area contributed by atoms with Gasteiger partial charge in [0.2, 0.25) is 0 Å². The van der Waals surface area contributed by atoms with Gasteiger partial charge < -0.3 is 15.2 Å². The molecule has 0 aromatic rings. The summed E-state index contributed by atoms with van der Waals surface area (Å²) in [6, 6.07) is 0.844. The number of aliphatic hydroxyl groups excluding tert-OH is 1. The lowest BCUT2D eigenvalue weighted by atomic mass is 9.91. The molecule has 19 heavy (non-hydrogen) atoms. The van der Waals surface area contributed by atoms with E-state index in [2.05, 4.69) is 37.9 Å². The molecular formula is C15H30N2O2. The van der Waals surface area contributed by atoms with Gasteiger partial charge in [-0.25, -0.2) is 0 Å². The van der Waals surface area contributed by atoms with Gasteiger partial charge in [-0.2, -0.15) is 0 Å². The summed E-state index contributed by atoms with van der Waals surface area (Å²) in [6.45, 7) is 11.6. The molecule has 2 N–H and O–H groups in total. The minimum absolute atomic E-state index is 0.126. The van der Waals surface area contributed by atoms with E-state index in [0.29, 0.717) is 24.1 Å². The smallest absolute Gasteiger partial charge is 0.0674 e. The number of rotatable bonds is 6. The summed E-state index contributed by atoms with van der Waals surface area (Å²) >= 11 is 0. The molecule has 2 fully saturated rings. The highest BCUT2D eigenvalue weighted by molar-refractivity contribution is 5.04. The molecule has 2 aliphatic rings. The molecule has 0 aromatic carbocycles. The van der Waals surface area contributed by atoms with Crippen molar-refractivity contribution in [3.05, 3.63) is 0 Å². The van der Waals surface area contributed by atoms with Crippen molar-refractivity contribution in [1.82, 2.24) is 10.2 Å². The third kappa shape index (κ3) is 3.69. The van der Waals surface area contributed by atoms with Crippen molar-refractivity contribution in [3.63, 3.8) is 0 Å². The Kier molecular flexibility index (Phi) is 4.88. The largest absolute Gasteiger partial charge is 0.394 e.